The van der Waals surface area contributed by atoms with Gasteiger partial charge in [0.1, 0.15) is 0 Å². The Morgan fingerprint density at radius 1 is 1.30 bits per heavy atom. The molecular formula is C9H19O. The van der Waals surface area contributed by atoms with Gasteiger partial charge in [-0.15, -0.1) is 0 Å². The third kappa shape index (κ3) is 7.96. The van der Waals surface area contributed by atoms with Gasteiger partial charge in [0.2, 0.25) is 0 Å². The highest BCUT2D eigenvalue weighted by Crippen LogP contribution is 2.12. The van der Waals surface area contributed by atoms with Crippen LogP contribution in [0, 0.1) is 12.5 Å². The van der Waals surface area contributed by atoms with Crippen molar-refractivity contribution in [3.05, 3.63) is 6.61 Å². The molecule has 0 bridgehead atoms. The van der Waals surface area contributed by atoms with Crippen LogP contribution < -0.4 is 0 Å². The topological polar surface area (TPSA) is 9.23 Å². The minimum absolute atomic E-state index is 0.0190. The van der Waals surface area contributed by atoms with E-state index in [2.05, 4.69) is 34.6 Å². The summed E-state index contributed by atoms with van der Waals surface area (Å²) in [6.45, 7) is 12.5. The third-order valence-electron chi connectivity index (χ3n) is 1.00. The van der Waals surface area contributed by atoms with Crippen molar-refractivity contribution >= 4 is 0 Å². The van der Waals surface area contributed by atoms with E-state index < -0.39 is 0 Å². The molecule has 1 heteroatoms. The lowest BCUT2D eigenvalue weighted by Gasteiger charge is -2.19. The van der Waals surface area contributed by atoms with Gasteiger partial charge < -0.3 is 4.74 Å². The summed E-state index contributed by atoms with van der Waals surface area (Å²) in [5, 5.41) is 0. The fraction of sp³-hybridized carbons (Fsp3) is 0.889. The van der Waals surface area contributed by atoms with E-state index in [9.17, 15) is 0 Å². The summed E-state index contributed by atoms with van der Waals surface area (Å²) in [6.07, 6.45) is 1.04. The summed E-state index contributed by atoms with van der Waals surface area (Å²) in [4.78, 5) is 0. The maximum absolute atomic E-state index is 5.42. The number of hydrogen-bond donors (Lipinski definition) is 0. The Balaban J connectivity index is 3.21. The Labute approximate surface area is 64.8 Å². The van der Waals surface area contributed by atoms with Gasteiger partial charge in [-0.2, -0.15) is 0 Å². The first-order valence-corrected chi connectivity index (χ1v) is 3.91. The van der Waals surface area contributed by atoms with Crippen molar-refractivity contribution in [2.24, 2.45) is 5.92 Å². The van der Waals surface area contributed by atoms with Crippen molar-refractivity contribution in [1.82, 2.24) is 0 Å². The van der Waals surface area contributed by atoms with Gasteiger partial charge in [-0.3, -0.25) is 0 Å². The average Bonchev–Trinajstić information content (AvgIpc) is 1.59. The predicted octanol–water partition coefficient (Wildman–Crippen LogP) is 3.01. The molecule has 0 aliphatic rings. The van der Waals surface area contributed by atoms with Crippen molar-refractivity contribution < 1.29 is 4.74 Å². The molecule has 0 atom stereocenters. The van der Waals surface area contributed by atoms with Crippen LogP contribution in [0.2, 0.25) is 0 Å². The van der Waals surface area contributed by atoms with Crippen molar-refractivity contribution in [3.8, 4) is 0 Å². The van der Waals surface area contributed by atoms with E-state index in [0.717, 1.165) is 6.42 Å². The van der Waals surface area contributed by atoms with Gasteiger partial charge in [0.15, 0.2) is 0 Å². The van der Waals surface area contributed by atoms with Gasteiger partial charge >= 0.3 is 0 Å². The first kappa shape index (κ1) is 9.96. The summed E-state index contributed by atoms with van der Waals surface area (Å²) in [5.74, 6) is 0.697. The highest BCUT2D eigenvalue weighted by molar-refractivity contribution is 4.64. The molecule has 0 aromatic carbocycles. The molecule has 0 saturated carbocycles. The van der Waals surface area contributed by atoms with Crippen LogP contribution in [0.5, 0.6) is 0 Å². The maximum atomic E-state index is 5.42. The first-order valence-electron chi connectivity index (χ1n) is 3.91. The predicted molar refractivity (Wildman–Crippen MR) is 44.6 cm³/mol. The van der Waals surface area contributed by atoms with Gasteiger partial charge in [-0.1, -0.05) is 13.8 Å². The zero-order chi connectivity index (χ0) is 8.20. The molecular weight excluding hydrogens is 124 g/mol. The van der Waals surface area contributed by atoms with Crippen LogP contribution in [-0.2, 0) is 4.74 Å². The average molecular weight is 143 g/mol. The zero-order valence-corrected chi connectivity index (χ0v) is 7.77. The largest absolute Gasteiger partial charge is 0.370 e. The smallest absolute Gasteiger partial charge is 0.0846 e. The number of ether oxygens (including phenoxy) is 1. The molecule has 0 aliphatic carbocycles. The Hall–Kier alpha value is -0.0400. The molecule has 10 heavy (non-hydrogen) atoms. The van der Waals surface area contributed by atoms with Gasteiger partial charge in [0.25, 0.3) is 0 Å². The second-order valence-corrected chi connectivity index (χ2v) is 4.03. The molecule has 1 nitrogen and oxygen atoms in total. The SMILES string of the molecule is CC(C)C[CH]OC(C)(C)C. The summed E-state index contributed by atoms with van der Waals surface area (Å²) < 4.78 is 5.42. The van der Waals surface area contributed by atoms with E-state index in [0.29, 0.717) is 5.92 Å². The van der Waals surface area contributed by atoms with E-state index in [-0.39, 0.29) is 5.60 Å². The van der Waals surface area contributed by atoms with E-state index in [1.165, 1.54) is 0 Å². The van der Waals surface area contributed by atoms with Crippen molar-refractivity contribution in [3.63, 3.8) is 0 Å². The standard InChI is InChI=1S/C9H19O/c1-8(2)6-7-10-9(3,4)5/h7-8H,6H2,1-5H3. The van der Waals surface area contributed by atoms with Gasteiger partial charge in [0.05, 0.1) is 12.2 Å². The Morgan fingerprint density at radius 3 is 2.10 bits per heavy atom. The van der Waals surface area contributed by atoms with Gasteiger partial charge in [-0.25, -0.2) is 0 Å². The first-order chi connectivity index (χ1) is 4.42. The molecule has 0 fully saturated rings. The summed E-state index contributed by atoms with van der Waals surface area (Å²) in [7, 11) is 0. The molecule has 0 amide bonds. The lowest BCUT2D eigenvalue weighted by atomic mass is 10.1. The molecule has 0 unspecified atom stereocenters. The van der Waals surface area contributed by atoms with Crippen molar-refractivity contribution in [1.29, 1.82) is 0 Å². The van der Waals surface area contributed by atoms with E-state index in [1.807, 2.05) is 6.61 Å². The third-order valence-corrected chi connectivity index (χ3v) is 1.00. The van der Waals surface area contributed by atoms with E-state index in [4.69, 9.17) is 4.74 Å². The highest BCUT2D eigenvalue weighted by Gasteiger charge is 2.09. The van der Waals surface area contributed by atoms with E-state index >= 15 is 0 Å². The molecule has 0 aliphatic heterocycles. The fourth-order valence-corrected chi connectivity index (χ4v) is 0.491. The summed E-state index contributed by atoms with van der Waals surface area (Å²) >= 11 is 0. The van der Waals surface area contributed by atoms with Crippen LogP contribution in [0.3, 0.4) is 0 Å². The normalized spacial score (nSPS) is 12.6. The van der Waals surface area contributed by atoms with Gasteiger partial charge in [0, 0.05) is 0 Å². The van der Waals surface area contributed by atoms with E-state index in [1.54, 1.807) is 0 Å². The van der Waals surface area contributed by atoms with Crippen LogP contribution in [0.15, 0.2) is 0 Å². The minimum Gasteiger partial charge on any atom is -0.370 e. The van der Waals surface area contributed by atoms with Crippen LogP contribution in [0.25, 0.3) is 0 Å². The molecule has 0 aromatic rings. The molecule has 0 spiro atoms. The second kappa shape index (κ2) is 3.97. The van der Waals surface area contributed by atoms with Crippen LogP contribution in [0.4, 0.5) is 0 Å². The molecule has 0 saturated heterocycles. The summed E-state index contributed by atoms with van der Waals surface area (Å²) in [6, 6.07) is 0. The Bertz CT molecular complexity index is 79.2. The molecule has 0 rings (SSSR count). The fourth-order valence-electron chi connectivity index (χ4n) is 0.491. The van der Waals surface area contributed by atoms with Crippen LogP contribution >= 0.6 is 0 Å². The maximum Gasteiger partial charge on any atom is 0.0846 e. The molecule has 0 heterocycles. The summed E-state index contributed by atoms with van der Waals surface area (Å²) in [5.41, 5.74) is -0.0190. The monoisotopic (exact) mass is 143 g/mol. The molecule has 0 aromatic heterocycles. The molecule has 61 valence electrons. The minimum atomic E-state index is -0.0190. The zero-order valence-electron chi connectivity index (χ0n) is 7.77. The highest BCUT2D eigenvalue weighted by atomic mass is 16.5. The number of rotatable bonds is 3. The van der Waals surface area contributed by atoms with Crippen LogP contribution in [-0.4, -0.2) is 5.60 Å². The second-order valence-electron chi connectivity index (χ2n) is 4.03. The Morgan fingerprint density at radius 2 is 1.80 bits per heavy atom. The Kier molecular flexibility index (Phi) is 3.95. The van der Waals surface area contributed by atoms with Crippen LogP contribution in [0.1, 0.15) is 41.0 Å². The molecule has 1 radical (unpaired) electrons. The lowest BCUT2D eigenvalue weighted by Crippen LogP contribution is -2.17. The molecule has 0 N–H and O–H groups in total. The van der Waals surface area contributed by atoms with Crippen molar-refractivity contribution in [2.75, 3.05) is 0 Å². The van der Waals surface area contributed by atoms with Crippen molar-refractivity contribution in [2.45, 2.75) is 46.6 Å². The number of hydrogen-bond acceptors (Lipinski definition) is 1. The lowest BCUT2D eigenvalue weighted by molar-refractivity contribution is 0.0359. The quantitative estimate of drug-likeness (QED) is 0.590. The van der Waals surface area contributed by atoms with Gasteiger partial charge in [-0.05, 0) is 33.1 Å².